The second-order valence-electron chi connectivity index (χ2n) is 8.02. The highest BCUT2D eigenvalue weighted by atomic mass is 16.3. The highest BCUT2D eigenvalue weighted by Crippen LogP contribution is 2.26. The van der Waals surface area contributed by atoms with Crippen molar-refractivity contribution in [3.05, 3.63) is 36.0 Å². The molecule has 2 aliphatic heterocycles. The van der Waals surface area contributed by atoms with Gasteiger partial charge in [0.05, 0.1) is 5.60 Å². The van der Waals surface area contributed by atoms with Gasteiger partial charge in [-0.2, -0.15) is 0 Å². The van der Waals surface area contributed by atoms with Gasteiger partial charge in [-0.05, 0) is 75.3 Å². The highest BCUT2D eigenvalue weighted by Gasteiger charge is 2.35. The minimum absolute atomic E-state index is 0.531. The lowest BCUT2D eigenvalue weighted by atomic mass is 9.92. The molecular weight excluding hydrogens is 310 g/mol. The molecule has 1 atom stereocenters. The summed E-state index contributed by atoms with van der Waals surface area (Å²) in [6.07, 6.45) is 6.79. The summed E-state index contributed by atoms with van der Waals surface area (Å²) in [6, 6.07) is 9.00. The van der Waals surface area contributed by atoms with Crippen LogP contribution in [0.3, 0.4) is 0 Å². The Morgan fingerprint density at radius 3 is 2.64 bits per heavy atom. The number of likely N-dealkylation sites (tertiary alicyclic amines) is 2. The first-order valence-corrected chi connectivity index (χ1v) is 9.90. The molecule has 0 amide bonds. The molecule has 2 saturated heterocycles. The van der Waals surface area contributed by atoms with Crippen LogP contribution >= 0.6 is 0 Å². The summed E-state index contributed by atoms with van der Waals surface area (Å²) in [4.78, 5) is 4.89. The Labute approximate surface area is 151 Å². The highest BCUT2D eigenvalue weighted by molar-refractivity contribution is 5.80. The van der Waals surface area contributed by atoms with Crippen molar-refractivity contribution in [3.8, 4) is 0 Å². The van der Waals surface area contributed by atoms with E-state index in [0.717, 1.165) is 58.7 Å². The number of rotatable bonds is 5. The number of benzene rings is 1. The van der Waals surface area contributed by atoms with Crippen molar-refractivity contribution in [2.24, 2.45) is 0 Å². The third kappa shape index (κ3) is 3.76. The maximum absolute atomic E-state index is 11.1. The number of piperidine rings is 1. The summed E-state index contributed by atoms with van der Waals surface area (Å²) >= 11 is 0. The fourth-order valence-electron chi connectivity index (χ4n) is 4.69. The quantitative estimate of drug-likeness (QED) is 0.907. The smallest absolute Gasteiger partial charge is 0.0900 e. The molecule has 136 valence electrons. The summed E-state index contributed by atoms with van der Waals surface area (Å²) in [5.74, 6) is 0. The van der Waals surface area contributed by atoms with Crippen LogP contribution in [0.25, 0.3) is 10.9 Å². The first kappa shape index (κ1) is 17.1. The molecule has 1 aromatic carbocycles. The van der Waals surface area contributed by atoms with Gasteiger partial charge in [0.15, 0.2) is 0 Å². The molecule has 3 heterocycles. The second kappa shape index (κ2) is 7.10. The first-order valence-electron chi connectivity index (χ1n) is 9.90. The second-order valence-corrected chi connectivity index (χ2v) is 8.02. The average Bonchev–Trinajstić information content (AvgIpc) is 3.23. The van der Waals surface area contributed by atoms with E-state index in [1.807, 2.05) is 0 Å². The third-order valence-electron chi connectivity index (χ3n) is 5.94. The van der Waals surface area contributed by atoms with Crippen molar-refractivity contribution in [3.63, 3.8) is 0 Å². The molecule has 0 aliphatic carbocycles. The predicted molar refractivity (Wildman–Crippen MR) is 103 cm³/mol. The Hall–Kier alpha value is -1.36. The zero-order chi connectivity index (χ0) is 17.3. The Morgan fingerprint density at radius 2 is 1.84 bits per heavy atom. The number of hydrogen-bond donors (Lipinski definition) is 1. The molecule has 4 nitrogen and oxygen atoms in total. The molecule has 0 saturated carbocycles. The summed E-state index contributed by atoms with van der Waals surface area (Å²) in [5, 5.41) is 12.4. The van der Waals surface area contributed by atoms with E-state index in [1.165, 1.54) is 29.3 Å². The van der Waals surface area contributed by atoms with E-state index in [9.17, 15) is 5.11 Å². The van der Waals surface area contributed by atoms with E-state index >= 15 is 0 Å². The monoisotopic (exact) mass is 341 g/mol. The van der Waals surface area contributed by atoms with Crippen LogP contribution in [0.5, 0.6) is 0 Å². The Bertz CT molecular complexity index is 719. The van der Waals surface area contributed by atoms with Crippen LogP contribution < -0.4 is 0 Å². The van der Waals surface area contributed by atoms with Gasteiger partial charge in [-0.3, -0.25) is 4.90 Å². The van der Waals surface area contributed by atoms with Gasteiger partial charge in [0, 0.05) is 37.9 Å². The van der Waals surface area contributed by atoms with Crippen molar-refractivity contribution in [2.45, 2.75) is 51.3 Å². The Kier molecular flexibility index (Phi) is 4.85. The van der Waals surface area contributed by atoms with Crippen LogP contribution in [-0.2, 0) is 13.1 Å². The Morgan fingerprint density at radius 1 is 1.04 bits per heavy atom. The predicted octanol–water partition coefficient (Wildman–Crippen LogP) is 3.08. The molecule has 4 heteroatoms. The average molecular weight is 341 g/mol. The van der Waals surface area contributed by atoms with E-state index in [2.05, 4.69) is 51.8 Å². The molecule has 4 rings (SSSR count). The number of aliphatic hydroxyl groups is 1. The van der Waals surface area contributed by atoms with E-state index < -0.39 is 5.60 Å². The molecule has 0 unspecified atom stereocenters. The lowest BCUT2D eigenvalue weighted by Crippen LogP contribution is -2.53. The number of aromatic nitrogens is 1. The van der Waals surface area contributed by atoms with Crippen LogP contribution in [0.1, 0.15) is 38.2 Å². The number of β-amino-alcohol motifs (C(OH)–C–C–N with tert-alkyl or cyclic N) is 1. The molecule has 2 aromatic rings. The van der Waals surface area contributed by atoms with Gasteiger partial charge in [-0.25, -0.2) is 0 Å². The van der Waals surface area contributed by atoms with Crippen LogP contribution in [0, 0.1) is 0 Å². The van der Waals surface area contributed by atoms with E-state index in [0.29, 0.717) is 0 Å². The zero-order valence-electron chi connectivity index (χ0n) is 15.5. The van der Waals surface area contributed by atoms with Crippen LogP contribution in [-0.4, -0.2) is 57.8 Å². The van der Waals surface area contributed by atoms with E-state index in [4.69, 9.17) is 0 Å². The molecule has 1 aromatic heterocycles. The maximum atomic E-state index is 11.1. The fraction of sp³-hybridized carbons (Fsp3) is 0.619. The van der Waals surface area contributed by atoms with Crippen LogP contribution in [0.2, 0.25) is 0 Å². The number of fused-ring (bicyclic) bond motifs is 1. The lowest BCUT2D eigenvalue weighted by molar-refractivity contribution is -0.0519. The van der Waals surface area contributed by atoms with Crippen LogP contribution in [0.4, 0.5) is 0 Å². The van der Waals surface area contributed by atoms with Gasteiger partial charge in [-0.1, -0.05) is 12.1 Å². The number of aryl methyl sites for hydroxylation is 1. The standard InChI is InChI=1S/C21H31N3O/c1-2-24-13-8-19-7-6-18(14-20(19)24)15-23-12-5-9-21(25,17-23)16-22-10-3-4-11-22/h6-8,13-14,25H,2-5,9-12,15-17H2,1H3/t21-/m0/s1. The van der Waals surface area contributed by atoms with Crippen molar-refractivity contribution in [1.82, 2.24) is 14.4 Å². The first-order chi connectivity index (χ1) is 12.1. The number of nitrogens with zero attached hydrogens (tertiary/aromatic N) is 3. The molecule has 2 aliphatic rings. The molecule has 2 fully saturated rings. The van der Waals surface area contributed by atoms with Crippen molar-refractivity contribution in [1.29, 1.82) is 0 Å². The summed E-state index contributed by atoms with van der Waals surface area (Å²) in [5.41, 5.74) is 2.15. The summed E-state index contributed by atoms with van der Waals surface area (Å²) < 4.78 is 2.30. The van der Waals surface area contributed by atoms with Gasteiger partial charge in [0.2, 0.25) is 0 Å². The number of hydrogen-bond acceptors (Lipinski definition) is 3. The van der Waals surface area contributed by atoms with Gasteiger partial charge in [-0.15, -0.1) is 0 Å². The van der Waals surface area contributed by atoms with Crippen molar-refractivity contribution in [2.75, 3.05) is 32.7 Å². The summed E-state index contributed by atoms with van der Waals surface area (Å²) in [7, 11) is 0. The zero-order valence-corrected chi connectivity index (χ0v) is 15.5. The van der Waals surface area contributed by atoms with Gasteiger partial charge >= 0.3 is 0 Å². The topological polar surface area (TPSA) is 31.6 Å². The largest absolute Gasteiger partial charge is 0.387 e. The van der Waals surface area contributed by atoms with Crippen molar-refractivity contribution >= 4 is 10.9 Å². The Balaban J connectivity index is 1.44. The van der Waals surface area contributed by atoms with Gasteiger partial charge < -0.3 is 14.6 Å². The molecule has 25 heavy (non-hydrogen) atoms. The summed E-state index contributed by atoms with van der Waals surface area (Å²) in [6.45, 7) is 9.20. The van der Waals surface area contributed by atoms with Gasteiger partial charge in [0.25, 0.3) is 0 Å². The molecule has 1 N–H and O–H groups in total. The normalized spacial score (nSPS) is 25.8. The SMILES string of the molecule is CCn1ccc2ccc(CN3CCC[C@](O)(CN4CCCC4)C3)cc21. The third-order valence-corrected chi connectivity index (χ3v) is 5.94. The minimum Gasteiger partial charge on any atom is -0.387 e. The van der Waals surface area contributed by atoms with Gasteiger partial charge in [0.1, 0.15) is 0 Å². The fourth-order valence-corrected chi connectivity index (χ4v) is 4.69. The minimum atomic E-state index is -0.531. The molecule has 0 radical (unpaired) electrons. The van der Waals surface area contributed by atoms with E-state index in [-0.39, 0.29) is 0 Å². The lowest BCUT2D eigenvalue weighted by Gasteiger charge is -2.41. The molecule has 0 spiro atoms. The molecule has 0 bridgehead atoms. The van der Waals surface area contributed by atoms with Crippen molar-refractivity contribution < 1.29 is 5.11 Å². The van der Waals surface area contributed by atoms with E-state index in [1.54, 1.807) is 0 Å². The molecular formula is C21H31N3O. The van der Waals surface area contributed by atoms with Crippen LogP contribution in [0.15, 0.2) is 30.5 Å². The maximum Gasteiger partial charge on any atom is 0.0900 e.